The normalized spacial score (nSPS) is 24.8. The molecule has 20 heavy (non-hydrogen) atoms. The number of morpholine rings is 1. The molecule has 2 aliphatic rings. The van der Waals surface area contributed by atoms with E-state index in [2.05, 4.69) is 5.32 Å². The summed E-state index contributed by atoms with van der Waals surface area (Å²) >= 11 is 0. The van der Waals surface area contributed by atoms with Gasteiger partial charge in [0.05, 0.1) is 25.9 Å². The number of hydrogen-bond acceptors (Lipinski definition) is 4. The van der Waals surface area contributed by atoms with Gasteiger partial charge in [-0.3, -0.25) is 0 Å². The van der Waals surface area contributed by atoms with Crippen LogP contribution in [-0.4, -0.2) is 32.9 Å². The van der Waals surface area contributed by atoms with Gasteiger partial charge in [-0.15, -0.1) is 0 Å². The Morgan fingerprint density at radius 1 is 1.20 bits per heavy atom. The Balaban J connectivity index is 1.87. The van der Waals surface area contributed by atoms with E-state index in [0.29, 0.717) is 0 Å². The zero-order chi connectivity index (χ0) is 14.0. The number of ether oxygens (including phenoxy) is 3. The number of benzene rings is 1. The lowest BCUT2D eigenvalue weighted by atomic mass is 9.97. The maximum absolute atomic E-state index is 6.46. The third-order valence-electron chi connectivity index (χ3n) is 4.47. The molecule has 1 saturated heterocycles. The Bertz CT molecular complexity index is 469. The molecule has 1 aliphatic heterocycles. The molecular weight excluding hydrogens is 254 g/mol. The van der Waals surface area contributed by atoms with E-state index < -0.39 is 0 Å². The molecule has 2 fully saturated rings. The molecular formula is C16H23NO3. The van der Waals surface area contributed by atoms with Gasteiger partial charge in [0.2, 0.25) is 0 Å². The molecule has 110 valence electrons. The molecule has 1 unspecified atom stereocenters. The van der Waals surface area contributed by atoms with Gasteiger partial charge in [-0.1, -0.05) is 12.8 Å². The summed E-state index contributed by atoms with van der Waals surface area (Å²) in [7, 11) is 3.39. The highest BCUT2D eigenvalue weighted by Gasteiger charge is 2.40. The first-order valence-electron chi connectivity index (χ1n) is 7.37. The number of methoxy groups -OCH3 is 2. The predicted molar refractivity (Wildman–Crippen MR) is 77.4 cm³/mol. The molecule has 0 bridgehead atoms. The summed E-state index contributed by atoms with van der Waals surface area (Å²) in [6.45, 7) is 1.79. The highest BCUT2D eigenvalue weighted by molar-refractivity contribution is 5.42. The van der Waals surface area contributed by atoms with E-state index in [-0.39, 0.29) is 11.7 Å². The fourth-order valence-corrected chi connectivity index (χ4v) is 3.39. The summed E-state index contributed by atoms with van der Waals surface area (Å²) < 4.78 is 17.3. The quantitative estimate of drug-likeness (QED) is 0.922. The average Bonchev–Trinajstić information content (AvgIpc) is 2.94. The van der Waals surface area contributed by atoms with Gasteiger partial charge in [0.25, 0.3) is 0 Å². The summed E-state index contributed by atoms with van der Waals surface area (Å²) in [6, 6.07) is 5.90. The molecule has 0 aromatic heterocycles. The fourth-order valence-electron chi connectivity index (χ4n) is 3.39. The van der Waals surface area contributed by atoms with Crippen molar-refractivity contribution in [2.24, 2.45) is 0 Å². The van der Waals surface area contributed by atoms with Crippen molar-refractivity contribution in [3.8, 4) is 11.5 Å². The van der Waals surface area contributed by atoms with Crippen LogP contribution < -0.4 is 14.8 Å². The second-order valence-corrected chi connectivity index (χ2v) is 5.74. The molecule has 4 nitrogen and oxygen atoms in total. The zero-order valence-corrected chi connectivity index (χ0v) is 12.3. The van der Waals surface area contributed by atoms with Gasteiger partial charge in [-0.05, 0) is 31.0 Å². The molecule has 1 spiro atoms. The van der Waals surface area contributed by atoms with Crippen LogP contribution in [0.3, 0.4) is 0 Å². The van der Waals surface area contributed by atoms with Gasteiger partial charge < -0.3 is 19.5 Å². The second-order valence-electron chi connectivity index (χ2n) is 5.74. The smallest absolute Gasteiger partial charge is 0.124 e. The van der Waals surface area contributed by atoms with Crippen molar-refractivity contribution in [3.05, 3.63) is 23.8 Å². The second kappa shape index (κ2) is 5.62. The monoisotopic (exact) mass is 277 g/mol. The lowest BCUT2D eigenvalue weighted by Gasteiger charge is -2.39. The van der Waals surface area contributed by atoms with Gasteiger partial charge in [0.15, 0.2) is 0 Å². The van der Waals surface area contributed by atoms with Crippen LogP contribution in [0.4, 0.5) is 0 Å². The molecule has 1 saturated carbocycles. The molecule has 1 aromatic carbocycles. The van der Waals surface area contributed by atoms with E-state index in [1.165, 1.54) is 12.8 Å². The Morgan fingerprint density at radius 3 is 2.70 bits per heavy atom. The van der Waals surface area contributed by atoms with Gasteiger partial charge in [-0.2, -0.15) is 0 Å². The molecule has 1 aliphatic carbocycles. The molecule has 1 heterocycles. The molecule has 1 aromatic rings. The standard InChI is InChI=1S/C16H23NO3/c1-18-12-5-6-14(19-2)13(9-12)15-10-17-11-16(20-15)7-3-4-8-16/h5-6,9,15,17H,3-4,7-8,10-11H2,1-2H3. The SMILES string of the molecule is COc1ccc(OC)c(C2CNCC3(CCCC3)O2)c1. The summed E-state index contributed by atoms with van der Waals surface area (Å²) in [5.74, 6) is 1.71. The van der Waals surface area contributed by atoms with Crippen LogP contribution in [0.25, 0.3) is 0 Å². The van der Waals surface area contributed by atoms with E-state index in [9.17, 15) is 0 Å². The van der Waals surface area contributed by atoms with Crippen LogP contribution in [0.2, 0.25) is 0 Å². The Morgan fingerprint density at radius 2 is 2.00 bits per heavy atom. The largest absolute Gasteiger partial charge is 0.497 e. The molecule has 1 N–H and O–H groups in total. The van der Waals surface area contributed by atoms with Gasteiger partial charge >= 0.3 is 0 Å². The van der Waals surface area contributed by atoms with E-state index in [0.717, 1.165) is 43.0 Å². The van der Waals surface area contributed by atoms with Crippen LogP contribution in [0.15, 0.2) is 18.2 Å². The third kappa shape index (κ3) is 2.50. The van der Waals surface area contributed by atoms with Crippen molar-refractivity contribution in [1.29, 1.82) is 0 Å². The molecule has 0 radical (unpaired) electrons. The van der Waals surface area contributed by atoms with Gasteiger partial charge in [-0.25, -0.2) is 0 Å². The van der Waals surface area contributed by atoms with Crippen molar-refractivity contribution in [3.63, 3.8) is 0 Å². The van der Waals surface area contributed by atoms with Crippen molar-refractivity contribution in [2.45, 2.75) is 37.4 Å². The molecule has 3 rings (SSSR count). The fraction of sp³-hybridized carbons (Fsp3) is 0.625. The topological polar surface area (TPSA) is 39.7 Å². The van der Waals surface area contributed by atoms with Crippen LogP contribution in [0, 0.1) is 0 Å². The molecule has 0 amide bonds. The van der Waals surface area contributed by atoms with E-state index in [1.54, 1.807) is 14.2 Å². The minimum Gasteiger partial charge on any atom is -0.497 e. The Hall–Kier alpha value is -1.26. The maximum Gasteiger partial charge on any atom is 0.124 e. The Kier molecular flexibility index (Phi) is 3.85. The summed E-state index contributed by atoms with van der Waals surface area (Å²) in [4.78, 5) is 0. The first-order chi connectivity index (χ1) is 9.76. The lowest BCUT2D eigenvalue weighted by molar-refractivity contribution is -0.114. The number of rotatable bonds is 3. The van der Waals surface area contributed by atoms with Crippen LogP contribution in [-0.2, 0) is 4.74 Å². The highest BCUT2D eigenvalue weighted by atomic mass is 16.5. The zero-order valence-electron chi connectivity index (χ0n) is 12.3. The first kappa shape index (κ1) is 13.7. The Labute approximate surface area is 120 Å². The van der Waals surface area contributed by atoms with E-state index >= 15 is 0 Å². The van der Waals surface area contributed by atoms with Crippen molar-refractivity contribution in [1.82, 2.24) is 5.32 Å². The van der Waals surface area contributed by atoms with Crippen molar-refractivity contribution in [2.75, 3.05) is 27.3 Å². The van der Waals surface area contributed by atoms with Crippen molar-refractivity contribution >= 4 is 0 Å². The first-order valence-corrected chi connectivity index (χ1v) is 7.37. The van der Waals surface area contributed by atoms with Crippen LogP contribution in [0.1, 0.15) is 37.4 Å². The van der Waals surface area contributed by atoms with Gasteiger partial charge in [0.1, 0.15) is 11.5 Å². The minimum absolute atomic E-state index is 0.0248. The number of hydrogen-bond donors (Lipinski definition) is 1. The molecule has 4 heteroatoms. The summed E-state index contributed by atoms with van der Waals surface area (Å²) in [5.41, 5.74) is 1.10. The van der Waals surface area contributed by atoms with Crippen LogP contribution in [0.5, 0.6) is 11.5 Å². The third-order valence-corrected chi connectivity index (χ3v) is 4.47. The molecule has 1 atom stereocenters. The van der Waals surface area contributed by atoms with Gasteiger partial charge in [0, 0.05) is 18.7 Å². The van der Waals surface area contributed by atoms with Crippen molar-refractivity contribution < 1.29 is 14.2 Å². The number of nitrogens with one attached hydrogen (secondary N) is 1. The van der Waals surface area contributed by atoms with Crippen LogP contribution >= 0.6 is 0 Å². The maximum atomic E-state index is 6.46. The van der Waals surface area contributed by atoms with E-state index in [1.807, 2.05) is 18.2 Å². The highest BCUT2D eigenvalue weighted by Crippen LogP contribution is 2.41. The summed E-state index contributed by atoms with van der Waals surface area (Å²) in [6.07, 6.45) is 4.88. The summed E-state index contributed by atoms with van der Waals surface area (Å²) in [5, 5.41) is 3.53. The predicted octanol–water partition coefficient (Wildman–Crippen LogP) is 2.68. The average molecular weight is 277 g/mol. The lowest BCUT2D eigenvalue weighted by Crippen LogP contribution is -2.49. The van der Waals surface area contributed by atoms with E-state index in [4.69, 9.17) is 14.2 Å². The minimum atomic E-state index is 0.0248.